The van der Waals surface area contributed by atoms with Crippen LogP contribution in [0.25, 0.3) is 6.08 Å². The molecule has 2 aromatic carbocycles. The summed E-state index contributed by atoms with van der Waals surface area (Å²) in [5, 5.41) is 1.24. The van der Waals surface area contributed by atoms with Gasteiger partial charge in [-0.2, -0.15) is 4.31 Å². The molecule has 0 radical (unpaired) electrons. The summed E-state index contributed by atoms with van der Waals surface area (Å²) in [6.45, 7) is 2.63. The summed E-state index contributed by atoms with van der Waals surface area (Å²) in [6, 6.07) is 16.0. The van der Waals surface area contributed by atoms with Gasteiger partial charge in [-0.3, -0.25) is 4.79 Å². The maximum absolute atomic E-state index is 12.9. The topological polar surface area (TPSA) is 78.0 Å². The monoisotopic (exact) mass is 439 g/mol. The third-order valence-corrected chi connectivity index (χ3v) is 7.31. The number of anilines is 1. The molecule has 162 valence electrons. The Bertz CT molecular complexity index is 1090. The third kappa shape index (κ3) is 4.55. The van der Waals surface area contributed by atoms with E-state index in [4.69, 9.17) is 0 Å². The van der Waals surface area contributed by atoms with Gasteiger partial charge in [0.1, 0.15) is 6.54 Å². The lowest BCUT2D eigenvalue weighted by atomic mass is 10.1. The Morgan fingerprint density at radius 3 is 2.23 bits per heavy atom. The number of piperidine rings is 1. The number of benzene rings is 2. The van der Waals surface area contributed by atoms with E-state index in [9.17, 15) is 18.0 Å². The van der Waals surface area contributed by atoms with E-state index in [-0.39, 0.29) is 24.5 Å². The van der Waals surface area contributed by atoms with Gasteiger partial charge in [-0.05, 0) is 43.5 Å². The highest BCUT2D eigenvalue weighted by Crippen LogP contribution is 2.27. The van der Waals surface area contributed by atoms with Crippen molar-refractivity contribution in [3.8, 4) is 0 Å². The van der Waals surface area contributed by atoms with Crippen molar-refractivity contribution in [2.75, 3.05) is 24.5 Å². The van der Waals surface area contributed by atoms with Gasteiger partial charge in [-0.1, -0.05) is 48.0 Å². The van der Waals surface area contributed by atoms with Crippen LogP contribution in [0.5, 0.6) is 0 Å². The minimum Gasteiger partial charge on any atom is -0.312 e. The van der Waals surface area contributed by atoms with Crippen molar-refractivity contribution in [1.29, 1.82) is 0 Å². The fourth-order valence-corrected chi connectivity index (χ4v) is 5.19. The maximum atomic E-state index is 12.9. The van der Waals surface area contributed by atoms with Crippen molar-refractivity contribution in [3.05, 3.63) is 71.1 Å². The smallest absolute Gasteiger partial charge is 0.312 e. The Morgan fingerprint density at radius 1 is 0.935 bits per heavy atom. The second kappa shape index (κ2) is 8.64. The molecule has 0 unspecified atom stereocenters. The molecule has 3 amide bonds. The number of hydrogen-bond acceptors (Lipinski definition) is 4. The van der Waals surface area contributed by atoms with Crippen LogP contribution in [0.4, 0.5) is 10.5 Å². The second-order valence-electron chi connectivity index (χ2n) is 7.86. The first-order valence-corrected chi connectivity index (χ1v) is 11.8. The molecule has 7 nitrogen and oxygen atoms in total. The number of hydrogen-bond donors (Lipinski definition) is 0. The molecule has 2 heterocycles. The number of carbonyl (C=O) groups excluding carboxylic acids is 2. The highest BCUT2D eigenvalue weighted by atomic mass is 32.2. The van der Waals surface area contributed by atoms with Crippen LogP contribution in [0.2, 0.25) is 0 Å². The van der Waals surface area contributed by atoms with Crippen LogP contribution in [0, 0.1) is 6.92 Å². The minimum atomic E-state index is -3.54. The van der Waals surface area contributed by atoms with Crippen LogP contribution >= 0.6 is 0 Å². The van der Waals surface area contributed by atoms with Crippen LogP contribution in [0.1, 0.15) is 24.0 Å². The predicted molar refractivity (Wildman–Crippen MR) is 120 cm³/mol. The van der Waals surface area contributed by atoms with Gasteiger partial charge in [0.25, 0.3) is 5.91 Å². The average Bonchev–Trinajstić information content (AvgIpc) is 3.08. The summed E-state index contributed by atoms with van der Waals surface area (Å²) in [4.78, 5) is 28.1. The van der Waals surface area contributed by atoms with E-state index in [0.29, 0.717) is 31.6 Å². The molecule has 2 aromatic rings. The zero-order valence-electron chi connectivity index (χ0n) is 17.3. The van der Waals surface area contributed by atoms with E-state index in [2.05, 4.69) is 0 Å². The largest absolute Gasteiger partial charge is 0.332 e. The normalized spacial score (nSPS) is 19.0. The Balaban J connectivity index is 1.39. The number of carbonyl (C=O) groups is 2. The van der Waals surface area contributed by atoms with Gasteiger partial charge in [0.2, 0.25) is 10.0 Å². The molecule has 31 heavy (non-hydrogen) atoms. The van der Waals surface area contributed by atoms with Crippen LogP contribution in [0.3, 0.4) is 0 Å². The number of nitrogens with zero attached hydrogens (tertiary/aromatic N) is 3. The van der Waals surface area contributed by atoms with Crippen molar-refractivity contribution in [2.45, 2.75) is 25.8 Å². The standard InChI is InChI=1S/C23H25N3O4S/c1-18-7-9-19(10-8-18)13-16-31(29,30)24-14-11-20(12-15-24)25-17-22(27)26(23(25)28)21-5-3-2-4-6-21/h2-10,13,16,20H,11-12,14-15,17H2,1H3/b16-13+. The first kappa shape index (κ1) is 21.3. The van der Waals surface area contributed by atoms with Gasteiger partial charge < -0.3 is 4.90 Å². The van der Waals surface area contributed by atoms with Gasteiger partial charge >= 0.3 is 6.03 Å². The van der Waals surface area contributed by atoms with Gasteiger partial charge in [0.05, 0.1) is 5.69 Å². The Kier molecular flexibility index (Phi) is 5.93. The highest BCUT2D eigenvalue weighted by Gasteiger charge is 2.42. The molecule has 2 aliphatic heterocycles. The Hall–Kier alpha value is -2.97. The number of para-hydroxylation sites is 1. The quantitative estimate of drug-likeness (QED) is 0.670. The molecular formula is C23H25N3O4S. The highest BCUT2D eigenvalue weighted by molar-refractivity contribution is 7.92. The number of amides is 3. The molecule has 2 aliphatic rings. The zero-order valence-corrected chi connectivity index (χ0v) is 18.2. The summed E-state index contributed by atoms with van der Waals surface area (Å²) >= 11 is 0. The molecular weight excluding hydrogens is 414 g/mol. The van der Waals surface area contributed by atoms with Crippen LogP contribution < -0.4 is 4.90 Å². The van der Waals surface area contributed by atoms with Crippen molar-refractivity contribution in [3.63, 3.8) is 0 Å². The summed E-state index contributed by atoms with van der Waals surface area (Å²) in [5.74, 6) is -0.257. The lowest BCUT2D eigenvalue weighted by Crippen LogP contribution is -2.47. The lowest BCUT2D eigenvalue weighted by Gasteiger charge is -2.34. The Labute approximate surface area is 182 Å². The first-order chi connectivity index (χ1) is 14.8. The maximum Gasteiger partial charge on any atom is 0.332 e. The van der Waals surface area contributed by atoms with Crippen molar-refractivity contribution in [2.24, 2.45) is 0 Å². The third-order valence-electron chi connectivity index (χ3n) is 5.74. The summed E-state index contributed by atoms with van der Waals surface area (Å²) in [7, 11) is -3.54. The molecule has 8 heteroatoms. The van der Waals surface area contributed by atoms with E-state index in [1.807, 2.05) is 37.3 Å². The van der Waals surface area contributed by atoms with Gasteiger partial charge in [-0.25, -0.2) is 18.1 Å². The van der Waals surface area contributed by atoms with Crippen molar-refractivity contribution >= 4 is 33.7 Å². The minimum absolute atomic E-state index is 0.0263. The van der Waals surface area contributed by atoms with E-state index < -0.39 is 10.0 Å². The summed E-state index contributed by atoms with van der Waals surface area (Å²) < 4.78 is 26.8. The number of aryl methyl sites for hydroxylation is 1. The second-order valence-corrected chi connectivity index (χ2v) is 9.68. The average molecular weight is 440 g/mol. The molecule has 0 N–H and O–H groups in total. The van der Waals surface area contributed by atoms with Crippen molar-refractivity contribution < 1.29 is 18.0 Å². The Morgan fingerprint density at radius 2 is 1.58 bits per heavy atom. The van der Waals surface area contributed by atoms with Gasteiger partial charge in [-0.15, -0.1) is 0 Å². The van der Waals surface area contributed by atoms with Gasteiger partial charge in [0.15, 0.2) is 0 Å². The molecule has 4 rings (SSSR count). The summed E-state index contributed by atoms with van der Waals surface area (Å²) in [6.07, 6.45) is 2.60. The molecule has 2 fully saturated rings. The number of rotatable bonds is 5. The number of urea groups is 1. The SMILES string of the molecule is Cc1ccc(/C=C/S(=O)(=O)N2CCC(N3CC(=O)N(c4ccccc4)C3=O)CC2)cc1. The first-order valence-electron chi connectivity index (χ1n) is 10.3. The van der Waals surface area contributed by atoms with E-state index >= 15 is 0 Å². The van der Waals surface area contributed by atoms with E-state index in [1.165, 1.54) is 14.6 Å². The number of imide groups is 1. The fourth-order valence-electron chi connectivity index (χ4n) is 3.97. The lowest BCUT2D eigenvalue weighted by molar-refractivity contribution is -0.116. The summed E-state index contributed by atoms with van der Waals surface area (Å²) in [5.41, 5.74) is 2.50. The van der Waals surface area contributed by atoms with Crippen molar-refractivity contribution in [1.82, 2.24) is 9.21 Å². The van der Waals surface area contributed by atoms with Crippen LogP contribution in [0.15, 0.2) is 60.0 Å². The zero-order chi connectivity index (χ0) is 22.0. The van der Waals surface area contributed by atoms with E-state index in [1.54, 1.807) is 35.2 Å². The molecule has 0 spiro atoms. The predicted octanol–water partition coefficient (Wildman–Crippen LogP) is 3.23. The van der Waals surface area contributed by atoms with E-state index in [0.717, 1.165) is 11.1 Å². The molecule has 0 aliphatic carbocycles. The molecule has 0 atom stereocenters. The molecule has 0 aromatic heterocycles. The van der Waals surface area contributed by atoms with Crippen LogP contribution in [-0.4, -0.2) is 55.2 Å². The number of sulfonamides is 1. The molecule has 0 bridgehead atoms. The fraction of sp³-hybridized carbons (Fsp3) is 0.304. The van der Waals surface area contributed by atoms with Crippen LogP contribution in [-0.2, 0) is 14.8 Å². The molecule has 2 saturated heterocycles. The molecule has 0 saturated carbocycles. The van der Waals surface area contributed by atoms with Gasteiger partial charge in [0, 0.05) is 24.5 Å².